The van der Waals surface area contributed by atoms with Crippen molar-refractivity contribution in [2.24, 2.45) is 13.0 Å². The minimum absolute atomic E-state index is 0.0123. The Bertz CT molecular complexity index is 1010. The normalized spacial score (nSPS) is 16.7. The van der Waals surface area contributed by atoms with E-state index in [1.807, 2.05) is 48.0 Å². The molecule has 3 aromatic rings. The molecule has 3 heterocycles. The van der Waals surface area contributed by atoms with E-state index in [4.69, 9.17) is 0 Å². The van der Waals surface area contributed by atoms with Crippen LogP contribution in [0.1, 0.15) is 17.8 Å². The molecule has 0 radical (unpaired) electrons. The molecule has 0 aliphatic carbocycles. The minimum atomic E-state index is -0.316. The molecule has 7 nitrogen and oxygen atoms in total. The van der Waals surface area contributed by atoms with Gasteiger partial charge in [-0.1, -0.05) is 18.2 Å². The number of hydrogen-bond acceptors (Lipinski definition) is 4. The molecule has 4 rings (SSSR count). The summed E-state index contributed by atoms with van der Waals surface area (Å²) in [4.78, 5) is 37.4. The standard InChI is InChI=1S/C21H23N5O2/c1-24(14-19-23-17-7-3-4-8-18(17)25(19)2)21(28)16-10-20(27)26(13-16)12-15-6-5-9-22-11-15/h3-9,11,16H,10,12-14H2,1-2H3/t16-/m0/s1. The Kier molecular flexibility index (Phi) is 4.81. The number of aromatic nitrogens is 3. The molecule has 1 atom stereocenters. The average molecular weight is 377 g/mol. The predicted octanol–water partition coefficient (Wildman–Crippen LogP) is 1.98. The second-order valence-corrected chi connectivity index (χ2v) is 7.31. The third-order valence-corrected chi connectivity index (χ3v) is 5.29. The molecule has 1 aliphatic heterocycles. The van der Waals surface area contributed by atoms with Crippen molar-refractivity contribution in [3.05, 3.63) is 60.2 Å². The van der Waals surface area contributed by atoms with Crippen molar-refractivity contribution in [3.8, 4) is 0 Å². The van der Waals surface area contributed by atoms with Gasteiger partial charge < -0.3 is 14.4 Å². The lowest BCUT2D eigenvalue weighted by atomic mass is 10.1. The van der Waals surface area contributed by atoms with Gasteiger partial charge in [0.2, 0.25) is 11.8 Å². The van der Waals surface area contributed by atoms with Gasteiger partial charge in [0.05, 0.1) is 23.5 Å². The summed E-state index contributed by atoms with van der Waals surface area (Å²) < 4.78 is 2.01. The Morgan fingerprint density at radius 1 is 1.25 bits per heavy atom. The van der Waals surface area contributed by atoms with Crippen LogP contribution in [0.5, 0.6) is 0 Å². The zero-order valence-corrected chi connectivity index (χ0v) is 16.1. The van der Waals surface area contributed by atoms with E-state index in [1.54, 1.807) is 29.2 Å². The van der Waals surface area contributed by atoms with Crippen molar-refractivity contribution >= 4 is 22.8 Å². The van der Waals surface area contributed by atoms with E-state index in [-0.39, 0.29) is 24.2 Å². The van der Waals surface area contributed by atoms with Gasteiger partial charge in [-0.15, -0.1) is 0 Å². The zero-order valence-electron chi connectivity index (χ0n) is 16.1. The quantitative estimate of drug-likeness (QED) is 0.682. The summed E-state index contributed by atoms with van der Waals surface area (Å²) >= 11 is 0. The van der Waals surface area contributed by atoms with Crippen LogP contribution in [-0.4, -0.2) is 49.7 Å². The number of carbonyl (C=O) groups is 2. The molecule has 0 bridgehead atoms. The van der Waals surface area contributed by atoms with Crippen LogP contribution < -0.4 is 0 Å². The van der Waals surface area contributed by atoms with Gasteiger partial charge in [-0.3, -0.25) is 14.6 Å². The fraction of sp³-hybridized carbons (Fsp3) is 0.333. The highest BCUT2D eigenvalue weighted by Gasteiger charge is 2.35. The van der Waals surface area contributed by atoms with Gasteiger partial charge in [0.1, 0.15) is 5.82 Å². The molecule has 0 unspecified atom stereocenters. The molecule has 28 heavy (non-hydrogen) atoms. The van der Waals surface area contributed by atoms with E-state index in [9.17, 15) is 9.59 Å². The molecule has 144 valence electrons. The lowest BCUT2D eigenvalue weighted by Gasteiger charge is -2.21. The maximum atomic E-state index is 12.9. The number of rotatable bonds is 5. The van der Waals surface area contributed by atoms with E-state index in [2.05, 4.69) is 9.97 Å². The van der Waals surface area contributed by atoms with Crippen LogP contribution >= 0.6 is 0 Å². The number of nitrogens with zero attached hydrogens (tertiary/aromatic N) is 5. The van der Waals surface area contributed by atoms with Gasteiger partial charge in [-0.25, -0.2) is 4.98 Å². The Morgan fingerprint density at radius 2 is 2.07 bits per heavy atom. The van der Waals surface area contributed by atoms with Gasteiger partial charge in [0.25, 0.3) is 0 Å². The molecule has 0 N–H and O–H groups in total. The number of pyridine rings is 1. The van der Waals surface area contributed by atoms with Crippen LogP contribution in [-0.2, 0) is 29.7 Å². The average Bonchev–Trinajstić information content (AvgIpc) is 3.22. The Labute approximate surface area is 163 Å². The third-order valence-electron chi connectivity index (χ3n) is 5.29. The SMILES string of the molecule is CN(Cc1nc2ccccc2n1C)C(=O)[C@H]1CC(=O)N(Cc2cccnc2)C1. The summed E-state index contributed by atoms with van der Waals surface area (Å²) in [5.41, 5.74) is 2.92. The largest absolute Gasteiger partial charge is 0.338 e. The first kappa shape index (κ1) is 18.2. The molecular weight excluding hydrogens is 354 g/mol. The number of amides is 2. The molecule has 0 saturated carbocycles. The first-order chi connectivity index (χ1) is 13.5. The molecule has 1 aromatic carbocycles. The van der Waals surface area contributed by atoms with E-state index < -0.39 is 0 Å². The van der Waals surface area contributed by atoms with Gasteiger partial charge >= 0.3 is 0 Å². The second kappa shape index (κ2) is 7.42. The molecular formula is C21H23N5O2. The molecule has 2 amide bonds. The molecule has 7 heteroatoms. The summed E-state index contributed by atoms with van der Waals surface area (Å²) in [6.45, 7) is 1.35. The van der Waals surface area contributed by atoms with E-state index in [0.29, 0.717) is 19.6 Å². The lowest BCUT2D eigenvalue weighted by Crippen LogP contribution is -2.34. The minimum Gasteiger partial charge on any atom is -0.338 e. The Morgan fingerprint density at radius 3 is 2.82 bits per heavy atom. The van der Waals surface area contributed by atoms with E-state index in [0.717, 1.165) is 22.4 Å². The highest BCUT2D eigenvalue weighted by atomic mass is 16.2. The molecule has 1 aliphatic rings. The third kappa shape index (κ3) is 3.47. The van der Waals surface area contributed by atoms with Crippen LogP contribution in [0.25, 0.3) is 11.0 Å². The summed E-state index contributed by atoms with van der Waals surface area (Å²) in [5, 5.41) is 0. The van der Waals surface area contributed by atoms with Crippen molar-refractivity contribution < 1.29 is 9.59 Å². The van der Waals surface area contributed by atoms with Crippen LogP contribution in [0.15, 0.2) is 48.8 Å². The van der Waals surface area contributed by atoms with Gasteiger partial charge in [0, 0.05) is 46.0 Å². The van der Waals surface area contributed by atoms with Crippen molar-refractivity contribution in [2.45, 2.75) is 19.5 Å². The predicted molar refractivity (Wildman–Crippen MR) is 105 cm³/mol. The van der Waals surface area contributed by atoms with Crippen LogP contribution in [0.2, 0.25) is 0 Å². The number of imidazole rings is 1. The van der Waals surface area contributed by atoms with Crippen LogP contribution in [0.3, 0.4) is 0 Å². The lowest BCUT2D eigenvalue weighted by molar-refractivity contribution is -0.135. The Hall–Kier alpha value is -3.22. The number of para-hydroxylation sites is 2. The summed E-state index contributed by atoms with van der Waals surface area (Å²) in [6, 6.07) is 11.7. The van der Waals surface area contributed by atoms with Crippen LogP contribution in [0.4, 0.5) is 0 Å². The Balaban J connectivity index is 1.42. The number of benzene rings is 1. The number of likely N-dealkylation sites (tertiary alicyclic amines) is 1. The highest BCUT2D eigenvalue weighted by molar-refractivity contribution is 5.89. The summed E-state index contributed by atoms with van der Waals surface area (Å²) in [5.74, 6) is 0.505. The number of aryl methyl sites for hydroxylation is 1. The zero-order chi connectivity index (χ0) is 19.7. The number of carbonyl (C=O) groups excluding carboxylic acids is 2. The van der Waals surface area contributed by atoms with Crippen molar-refractivity contribution in [2.75, 3.05) is 13.6 Å². The van der Waals surface area contributed by atoms with Crippen LogP contribution in [0, 0.1) is 5.92 Å². The topological polar surface area (TPSA) is 71.3 Å². The number of fused-ring (bicyclic) bond motifs is 1. The first-order valence-corrected chi connectivity index (χ1v) is 9.35. The second-order valence-electron chi connectivity index (χ2n) is 7.31. The summed E-state index contributed by atoms with van der Waals surface area (Å²) in [6.07, 6.45) is 3.71. The fourth-order valence-electron chi connectivity index (χ4n) is 3.74. The molecule has 1 fully saturated rings. The van der Waals surface area contributed by atoms with Gasteiger partial charge in [0.15, 0.2) is 0 Å². The molecule has 2 aromatic heterocycles. The maximum Gasteiger partial charge on any atom is 0.228 e. The van der Waals surface area contributed by atoms with Crippen molar-refractivity contribution in [3.63, 3.8) is 0 Å². The first-order valence-electron chi connectivity index (χ1n) is 9.35. The summed E-state index contributed by atoms with van der Waals surface area (Å²) in [7, 11) is 3.73. The molecule has 1 saturated heterocycles. The monoisotopic (exact) mass is 377 g/mol. The molecule has 0 spiro atoms. The van der Waals surface area contributed by atoms with Crippen molar-refractivity contribution in [1.82, 2.24) is 24.3 Å². The maximum absolute atomic E-state index is 12.9. The van der Waals surface area contributed by atoms with Crippen molar-refractivity contribution in [1.29, 1.82) is 0 Å². The van der Waals surface area contributed by atoms with E-state index >= 15 is 0 Å². The highest BCUT2D eigenvalue weighted by Crippen LogP contribution is 2.23. The number of hydrogen-bond donors (Lipinski definition) is 0. The van der Waals surface area contributed by atoms with Gasteiger partial charge in [-0.2, -0.15) is 0 Å². The van der Waals surface area contributed by atoms with Gasteiger partial charge in [-0.05, 0) is 23.8 Å². The van der Waals surface area contributed by atoms with E-state index in [1.165, 1.54) is 0 Å². The smallest absolute Gasteiger partial charge is 0.228 e. The fourth-order valence-corrected chi connectivity index (χ4v) is 3.74.